The molecular weight excluding hydrogens is 241 g/mol. The van der Waals surface area contributed by atoms with Gasteiger partial charge in [-0.25, -0.2) is 9.18 Å². The van der Waals surface area contributed by atoms with Crippen molar-refractivity contribution in [3.63, 3.8) is 0 Å². The number of halogens is 1. The van der Waals surface area contributed by atoms with Gasteiger partial charge < -0.3 is 15.1 Å². The summed E-state index contributed by atoms with van der Waals surface area (Å²) in [6, 6.07) is 2.93. The first-order valence-electron chi connectivity index (χ1n) is 5.26. The zero-order valence-electron chi connectivity index (χ0n) is 10.1. The van der Waals surface area contributed by atoms with Crippen LogP contribution in [0.15, 0.2) is 18.2 Å². The Labute approximate surface area is 103 Å². The minimum Gasteiger partial charge on any atom is -0.481 e. The minimum absolute atomic E-state index is 0.374. The van der Waals surface area contributed by atoms with Crippen LogP contribution in [0.4, 0.5) is 10.1 Å². The SMILES string of the molecule is Cc1cc(N(C)C(CC(=O)O)C(=O)O)ccc1F. The number of hydrogen-bond donors (Lipinski definition) is 2. The number of carboxylic acid groups (broad SMARTS) is 2. The number of aryl methyl sites for hydroxylation is 1. The molecule has 1 unspecified atom stereocenters. The second-order valence-electron chi connectivity index (χ2n) is 4.00. The Morgan fingerprint density at radius 2 is 2.00 bits per heavy atom. The van der Waals surface area contributed by atoms with Crippen LogP contribution in [0.25, 0.3) is 0 Å². The van der Waals surface area contributed by atoms with Gasteiger partial charge in [-0.2, -0.15) is 0 Å². The molecule has 1 rings (SSSR count). The summed E-state index contributed by atoms with van der Waals surface area (Å²) in [5.74, 6) is -2.83. The van der Waals surface area contributed by atoms with Crippen LogP contribution in [0.3, 0.4) is 0 Å². The van der Waals surface area contributed by atoms with Gasteiger partial charge in [-0.1, -0.05) is 0 Å². The van der Waals surface area contributed by atoms with E-state index in [0.29, 0.717) is 11.3 Å². The predicted octanol–water partition coefficient (Wildman–Crippen LogP) is 1.50. The van der Waals surface area contributed by atoms with E-state index in [-0.39, 0.29) is 0 Å². The zero-order chi connectivity index (χ0) is 13.9. The number of anilines is 1. The lowest BCUT2D eigenvalue weighted by Crippen LogP contribution is -2.40. The minimum atomic E-state index is -1.23. The molecule has 0 amide bonds. The van der Waals surface area contributed by atoms with Crippen molar-refractivity contribution < 1.29 is 24.2 Å². The van der Waals surface area contributed by atoms with E-state index < -0.39 is 30.2 Å². The van der Waals surface area contributed by atoms with Crippen molar-refractivity contribution >= 4 is 17.6 Å². The Bertz CT molecular complexity index is 475. The molecule has 5 nitrogen and oxygen atoms in total. The molecule has 0 saturated carbocycles. The average molecular weight is 255 g/mol. The molecule has 0 aliphatic heterocycles. The average Bonchev–Trinajstić information content (AvgIpc) is 2.28. The molecule has 2 N–H and O–H groups in total. The van der Waals surface area contributed by atoms with Crippen molar-refractivity contribution in [2.45, 2.75) is 19.4 Å². The highest BCUT2D eigenvalue weighted by Crippen LogP contribution is 2.20. The number of likely N-dealkylation sites (N-methyl/N-ethyl adjacent to an activating group) is 1. The van der Waals surface area contributed by atoms with Crippen molar-refractivity contribution in [3.05, 3.63) is 29.6 Å². The standard InChI is InChI=1S/C12H14FNO4/c1-7-5-8(3-4-9(7)13)14(2)10(12(17)18)6-11(15)16/h3-5,10H,6H2,1-2H3,(H,15,16)(H,17,18). The summed E-state index contributed by atoms with van der Waals surface area (Å²) in [5, 5.41) is 17.7. The number of rotatable bonds is 5. The van der Waals surface area contributed by atoms with Gasteiger partial charge in [0, 0.05) is 12.7 Å². The molecule has 0 saturated heterocycles. The fraction of sp³-hybridized carbons (Fsp3) is 0.333. The van der Waals surface area contributed by atoms with Gasteiger partial charge in [-0.3, -0.25) is 4.79 Å². The van der Waals surface area contributed by atoms with Gasteiger partial charge in [-0.05, 0) is 30.7 Å². The van der Waals surface area contributed by atoms with Crippen molar-refractivity contribution in [1.82, 2.24) is 0 Å². The maximum Gasteiger partial charge on any atom is 0.326 e. The van der Waals surface area contributed by atoms with Crippen LogP contribution in [0.5, 0.6) is 0 Å². The van der Waals surface area contributed by atoms with Gasteiger partial charge in [-0.15, -0.1) is 0 Å². The molecule has 1 aromatic carbocycles. The van der Waals surface area contributed by atoms with Gasteiger partial charge in [0.15, 0.2) is 0 Å². The monoisotopic (exact) mass is 255 g/mol. The number of nitrogens with zero attached hydrogens (tertiary/aromatic N) is 1. The number of carbonyl (C=O) groups is 2. The van der Waals surface area contributed by atoms with Crippen LogP contribution in [0.1, 0.15) is 12.0 Å². The largest absolute Gasteiger partial charge is 0.481 e. The first kappa shape index (κ1) is 14.0. The number of benzene rings is 1. The molecule has 0 spiro atoms. The Morgan fingerprint density at radius 1 is 1.39 bits per heavy atom. The van der Waals surface area contributed by atoms with Crippen molar-refractivity contribution in [1.29, 1.82) is 0 Å². The lowest BCUT2D eigenvalue weighted by Gasteiger charge is -2.26. The summed E-state index contributed by atoms with van der Waals surface area (Å²) in [5.41, 5.74) is 0.835. The second-order valence-corrected chi connectivity index (χ2v) is 4.00. The highest BCUT2D eigenvalue weighted by Gasteiger charge is 2.26. The van der Waals surface area contributed by atoms with Gasteiger partial charge in [0.25, 0.3) is 0 Å². The number of hydrogen-bond acceptors (Lipinski definition) is 3. The summed E-state index contributed by atoms with van der Waals surface area (Å²) >= 11 is 0. The van der Waals surface area contributed by atoms with Crippen molar-refractivity contribution in [2.24, 2.45) is 0 Å². The third-order valence-corrected chi connectivity index (χ3v) is 2.67. The van der Waals surface area contributed by atoms with E-state index in [1.54, 1.807) is 6.92 Å². The number of aliphatic carboxylic acids is 2. The molecular formula is C12H14FNO4. The predicted molar refractivity (Wildman–Crippen MR) is 63.2 cm³/mol. The van der Waals surface area contributed by atoms with Crippen LogP contribution in [-0.2, 0) is 9.59 Å². The fourth-order valence-electron chi connectivity index (χ4n) is 1.58. The van der Waals surface area contributed by atoms with E-state index in [4.69, 9.17) is 10.2 Å². The molecule has 0 fully saturated rings. The molecule has 1 aromatic rings. The second kappa shape index (κ2) is 5.48. The van der Waals surface area contributed by atoms with E-state index in [2.05, 4.69) is 0 Å². The number of carboxylic acids is 2. The normalized spacial score (nSPS) is 11.9. The molecule has 18 heavy (non-hydrogen) atoms. The molecule has 0 heterocycles. The topological polar surface area (TPSA) is 77.8 Å². The van der Waals surface area contributed by atoms with E-state index in [0.717, 1.165) is 0 Å². The highest BCUT2D eigenvalue weighted by atomic mass is 19.1. The zero-order valence-corrected chi connectivity index (χ0v) is 10.1. The maximum atomic E-state index is 13.1. The van der Waals surface area contributed by atoms with E-state index in [1.807, 2.05) is 0 Å². The van der Waals surface area contributed by atoms with Crippen molar-refractivity contribution in [2.75, 3.05) is 11.9 Å². The molecule has 6 heteroatoms. The van der Waals surface area contributed by atoms with Gasteiger partial charge in [0.2, 0.25) is 0 Å². The molecule has 0 radical (unpaired) electrons. The van der Waals surface area contributed by atoms with E-state index in [9.17, 15) is 14.0 Å². The van der Waals surface area contributed by atoms with Gasteiger partial charge in [0.05, 0.1) is 6.42 Å². The van der Waals surface area contributed by atoms with Crippen LogP contribution in [-0.4, -0.2) is 35.2 Å². The maximum absolute atomic E-state index is 13.1. The van der Waals surface area contributed by atoms with Crippen LogP contribution < -0.4 is 4.90 Å². The summed E-state index contributed by atoms with van der Waals surface area (Å²) in [6.45, 7) is 1.56. The summed E-state index contributed by atoms with van der Waals surface area (Å²) in [7, 11) is 1.47. The fourth-order valence-corrected chi connectivity index (χ4v) is 1.58. The van der Waals surface area contributed by atoms with Gasteiger partial charge in [0.1, 0.15) is 11.9 Å². The molecule has 1 atom stereocenters. The molecule has 0 aliphatic carbocycles. The molecule has 0 aliphatic rings. The molecule has 0 aromatic heterocycles. The lowest BCUT2D eigenvalue weighted by molar-refractivity contribution is -0.145. The lowest BCUT2D eigenvalue weighted by atomic mass is 10.1. The first-order valence-corrected chi connectivity index (χ1v) is 5.26. The van der Waals surface area contributed by atoms with Crippen LogP contribution >= 0.6 is 0 Å². The third kappa shape index (κ3) is 3.19. The molecule has 0 bridgehead atoms. The van der Waals surface area contributed by atoms with E-state index in [1.165, 1.54) is 30.1 Å². The van der Waals surface area contributed by atoms with E-state index >= 15 is 0 Å². The van der Waals surface area contributed by atoms with Crippen LogP contribution in [0.2, 0.25) is 0 Å². The summed E-state index contributed by atoms with van der Waals surface area (Å²) in [6.07, 6.45) is -0.526. The van der Waals surface area contributed by atoms with Gasteiger partial charge >= 0.3 is 11.9 Å². The van der Waals surface area contributed by atoms with Crippen LogP contribution in [0, 0.1) is 12.7 Å². The molecule has 98 valence electrons. The Morgan fingerprint density at radius 3 is 2.44 bits per heavy atom. The summed E-state index contributed by atoms with van der Waals surface area (Å²) in [4.78, 5) is 23.0. The third-order valence-electron chi connectivity index (χ3n) is 2.67. The Kier molecular flexibility index (Phi) is 4.25. The first-order chi connectivity index (χ1) is 8.32. The Hall–Kier alpha value is -2.11. The smallest absolute Gasteiger partial charge is 0.326 e. The quantitative estimate of drug-likeness (QED) is 0.833. The summed E-state index contributed by atoms with van der Waals surface area (Å²) < 4.78 is 13.1. The van der Waals surface area contributed by atoms with Crippen molar-refractivity contribution in [3.8, 4) is 0 Å². The Balaban J connectivity index is 3.01. The highest BCUT2D eigenvalue weighted by molar-refractivity contribution is 5.84.